The van der Waals surface area contributed by atoms with E-state index in [4.69, 9.17) is 5.73 Å². The second kappa shape index (κ2) is 10.7. The monoisotopic (exact) mass is 385 g/mol. The lowest BCUT2D eigenvalue weighted by Crippen LogP contribution is -2.37. The Balaban J connectivity index is 1.95. The summed E-state index contributed by atoms with van der Waals surface area (Å²) in [5.74, 6) is -0.669. The Morgan fingerprint density at radius 3 is 2.39 bits per heavy atom. The van der Waals surface area contributed by atoms with E-state index < -0.39 is 5.91 Å². The van der Waals surface area contributed by atoms with E-state index in [1.54, 1.807) is 42.5 Å². The minimum absolute atomic E-state index is 0.204. The molecular formula is C20H24FN5O2. The Labute approximate surface area is 163 Å². The van der Waals surface area contributed by atoms with Crippen LogP contribution in [0.3, 0.4) is 0 Å². The number of carbonyl (C=O) groups excluding carboxylic acids is 2. The number of halogens is 1. The number of nitrogens with zero attached hydrogens (tertiary/aromatic N) is 1. The number of primary amides is 1. The van der Waals surface area contributed by atoms with Crippen molar-refractivity contribution in [1.29, 1.82) is 0 Å². The fraction of sp³-hybridized carbons (Fsp3) is 0.250. The van der Waals surface area contributed by atoms with Gasteiger partial charge >= 0.3 is 0 Å². The summed E-state index contributed by atoms with van der Waals surface area (Å²) in [6.45, 7) is 3.11. The number of hydrogen-bond acceptors (Lipinski definition) is 3. The van der Waals surface area contributed by atoms with Gasteiger partial charge in [-0.3, -0.25) is 9.59 Å². The van der Waals surface area contributed by atoms with Crippen molar-refractivity contribution in [3.63, 3.8) is 0 Å². The Morgan fingerprint density at radius 2 is 1.75 bits per heavy atom. The van der Waals surface area contributed by atoms with Gasteiger partial charge in [0.05, 0.1) is 13.1 Å². The molecule has 0 bridgehead atoms. The van der Waals surface area contributed by atoms with Gasteiger partial charge in [0.1, 0.15) is 5.82 Å². The van der Waals surface area contributed by atoms with Gasteiger partial charge in [-0.15, -0.1) is 0 Å². The largest absolute Gasteiger partial charge is 0.368 e. The number of rotatable bonds is 8. The number of amides is 2. The van der Waals surface area contributed by atoms with E-state index in [2.05, 4.69) is 20.9 Å². The molecule has 0 aliphatic carbocycles. The van der Waals surface area contributed by atoms with Crippen molar-refractivity contribution in [2.24, 2.45) is 10.7 Å². The first-order valence-electron chi connectivity index (χ1n) is 8.90. The molecule has 0 aromatic heterocycles. The molecule has 0 radical (unpaired) electrons. The predicted octanol–water partition coefficient (Wildman–Crippen LogP) is 1.30. The summed E-state index contributed by atoms with van der Waals surface area (Å²) in [5.41, 5.74) is 6.89. The number of nitrogens with two attached hydrogens (primary N) is 1. The maximum absolute atomic E-state index is 13.7. The highest BCUT2D eigenvalue weighted by molar-refractivity contribution is 5.96. The second-order valence-electron chi connectivity index (χ2n) is 5.99. The van der Waals surface area contributed by atoms with Crippen LogP contribution < -0.4 is 21.7 Å². The van der Waals surface area contributed by atoms with Crippen molar-refractivity contribution in [3.8, 4) is 0 Å². The topological polar surface area (TPSA) is 109 Å². The highest BCUT2D eigenvalue weighted by Gasteiger charge is 2.06. The Kier molecular flexibility index (Phi) is 7.95. The molecule has 5 N–H and O–H groups in total. The average molecular weight is 385 g/mol. The standard InChI is InChI=1S/C20H24FN5O2/c1-2-23-20(26-12-16-5-3-4-6-17(16)21)25-11-14-7-9-15(10-8-14)19(28)24-13-18(22)27/h3-10H,2,11-13H2,1H3,(H2,22,27)(H,24,28)(H2,23,25,26). The normalized spacial score (nSPS) is 11.0. The molecule has 2 aromatic carbocycles. The van der Waals surface area contributed by atoms with Crippen LogP contribution >= 0.6 is 0 Å². The van der Waals surface area contributed by atoms with E-state index >= 15 is 0 Å². The number of guanidine groups is 1. The average Bonchev–Trinajstić information content (AvgIpc) is 2.69. The summed E-state index contributed by atoms with van der Waals surface area (Å²) in [6, 6.07) is 13.4. The van der Waals surface area contributed by atoms with Crippen molar-refractivity contribution in [2.45, 2.75) is 20.0 Å². The summed E-state index contributed by atoms with van der Waals surface area (Å²) >= 11 is 0. The molecular weight excluding hydrogens is 361 g/mol. The summed E-state index contributed by atoms with van der Waals surface area (Å²) in [7, 11) is 0. The Bertz CT molecular complexity index is 837. The molecule has 7 nitrogen and oxygen atoms in total. The maximum atomic E-state index is 13.7. The first-order valence-corrected chi connectivity index (χ1v) is 8.90. The van der Waals surface area contributed by atoms with Crippen LogP contribution in [0.15, 0.2) is 53.5 Å². The molecule has 2 aromatic rings. The minimum Gasteiger partial charge on any atom is -0.368 e. The number of nitrogens with one attached hydrogen (secondary N) is 3. The van der Waals surface area contributed by atoms with E-state index in [-0.39, 0.29) is 18.3 Å². The number of benzene rings is 2. The lowest BCUT2D eigenvalue weighted by molar-refractivity contribution is -0.117. The van der Waals surface area contributed by atoms with Crippen LogP contribution in [-0.2, 0) is 17.9 Å². The summed E-state index contributed by atoms with van der Waals surface area (Å²) in [6.07, 6.45) is 0. The van der Waals surface area contributed by atoms with Gasteiger partial charge in [-0.05, 0) is 30.7 Å². The zero-order valence-electron chi connectivity index (χ0n) is 15.7. The molecule has 0 aliphatic rings. The molecule has 8 heteroatoms. The van der Waals surface area contributed by atoms with Crippen molar-refractivity contribution in [2.75, 3.05) is 13.1 Å². The molecule has 0 saturated heterocycles. The van der Waals surface area contributed by atoms with Gasteiger partial charge in [0.25, 0.3) is 5.91 Å². The third-order valence-corrected chi connectivity index (χ3v) is 3.81. The van der Waals surface area contributed by atoms with Crippen molar-refractivity contribution in [3.05, 3.63) is 71.0 Å². The van der Waals surface area contributed by atoms with E-state index in [0.717, 1.165) is 5.56 Å². The highest BCUT2D eigenvalue weighted by atomic mass is 19.1. The van der Waals surface area contributed by atoms with Crippen molar-refractivity contribution < 1.29 is 14.0 Å². The van der Waals surface area contributed by atoms with E-state index in [9.17, 15) is 14.0 Å². The van der Waals surface area contributed by atoms with Gasteiger partial charge in [-0.1, -0.05) is 30.3 Å². The Morgan fingerprint density at radius 1 is 1.04 bits per heavy atom. The zero-order valence-corrected chi connectivity index (χ0v) is 15.7. The molecule has 0 spiro atoms. The van der Waals surface area contributed by atoms with Crippen LogP contribution in [0.5, 0.6) is 0 Å². The van der Waals surface area contributed by atoms with Crippen LogP contribution in [0, 0.1) is 5.82 Å². The fourth-order valence-corrected chi connectivity index (χ4v) is 2.36. The van der Waals surface area contributed by atoms with Gasteiger partial charge in [-0.2, -0.15) is 0 Å². The molecule has 0 heterocycles. The van der Waals surface area contributed by atoms with Crippen LogP contribution in [0.1, 0.15) is 28.4 Å². The predicted molar refractivity (Wildman–Crippen MR) is 106 cm³/mol. The molecule has 2 amide bonds. The maximum Gasteiger partial charge on any atom is 0.251 e. The van der Waals surface area contributed by atoms with Crippen molar-refractivity contribution >= 4 is 17.8 Å². The van der Waals surface area contributed by atoms with E-state index in [0.29, 0.717) is 36.7 Å². The van der Waals surface area contributed by atoms with Gasteiger partial charge < -0.3 is 21.7 Å². The van der Waals surface area contributed by atoms with Gasteiger partial charge in [0.2, 0.25) is 5.91 Å². The molecule has 0 atom stereocenters. The van der Waals surface area contributed by atoms with Crippen molar-refractivity contribution in [1.82, 2.24) is 16.0 Å². The van der Waals surface area contributed by atoms with Gasteiger partial charge in [0, 0.05) is 24.2 Å². The molecule has 28 heavy (non-hydrogen) atoms. The lowest BCUT2D eigenvalue weighted by Gasteiger charge is -2.12. The smallest absolute Gasteiger partial charge is 0.251 e. The van der Waals surface area contributed by atoms with E-state index in [1.807, 2.05) is 6.92 Å². The Hall–Kier alpha value is -3.42. The highest BCUT2D eigenvalue weighted by Crippen LogP contribution is 2.07. The summed E-state index contributed by atoms with van der Waals surface area (Å²) in [5, 5.41) is 8.63. The molecule has 0 unspecified atom stereocenters. The number of aliphatic imine (C=N–C) groups is 1. The van der Waals surface area contributed by atoms with Gasteiger partial charge in [0.15, 0.2) is 5.96 Å². The number of carbonyl (C=O) groups is 2. The first-order chi connectivity index (χ1) is 13.5. The van der Waals surface area contributed by atoms with Crippen LogP contribution in [0.4, 0.5) is 4.39 Å². The third-order valence-electron chi connectivity index (χ3n) is 3.81. The molecule has 0 fully saturated rings. The number of hydrogen-bond donors (Lipinski definition) is 4. The fourth-order valence-electron chi connectivity index (χ4n) is 2.36. The van der Waals surface area contributed by atoms with Crippen LogP contribution in [-0.4, -0.2) is 30.9 Å². The second-order valence-corrected chi connectivity index (χ2v) is 5.99. The molecule has 148 valence electrons. The third kappa shape index (κ3) is 6.71. The first kappa shape index (κ1) is 20.9. The summed E-state index contributed by atoms with van der Waals surface area (Å²) < 4.78 is 13.7. The quantitative estimate of drug-likeness (QED) is 0.406. The van der Waals surface area contributed by atoms with E-state index in [1.165, 1.54) is 6.07 Å². The van der Waals surface area contributed by atoms with Crippen LogP contribution in [0.25, 0.3) is 0 Å². The molecule has 0 saturated carbocycles. The molecule has 2 rings (SSSR count). The minimum atomic E-state index is -0.599. The van der Waals surface area contributed by atoms with Gasteiger partial charge in [-0.25, -0.2) is 9.38 Å². The van der Waals surface area contributed by atoms with Crippen LogP contribution in [0.2, 0.25) is 0 Å². The SMILES string of the molecule is CCNC(=NCc1ccc(C(=O)NCC(N)=O)cc1)NCc1ccccc1F. The molecule has 0 aliphatic heterocycles. The summed E-state index contributed by atoms with van der Waals surface area (Å²) in [4.78, 5) is 27.0. The zero-order chi connectivity index (χ0) is 20.4. The lowest BCUT2D eigenvalue weighted by atomic mass is 10.1.